The molecule has 1 unspecified atom stereocenters. The molecular weight excluding hydrogens is 398 g/mol. The smallest absolute Gasteiger partial charge is 0.243 e. The largest absolute Gasteiger partial charge is 0.324 e. The number of fused-ring (bicyclic) bond motifs is 1. The second-order valence-electron chi connectivity index (χ2n) is 7.45. The van der Waals surface area contributed by atoms with Gasteiger partial charge in [0.2, 0.25) is 15.9 Å². The van der Waals surface area contributed by atoms with Gasteiger partial charge in [-0.15, -0.1) is 0 Å². The lowest BCUT2D eigenvalue weighted by atomic mass is 10.1. The normalized spacial score (nSPS) is 17.0. The Morgan fingerprint density at radius 2 is 1.50 bits per heavy atom. The Hall–Kier alpha value is -2.74. The quantitative estimate of drug-likeness (QED) is 0.684. The number of carbonyl (C=O) groups is 1. The molecular formula is C23H25N3O3S. The van der Waals surface area contributed by atoms with Crippen molar-refractivity contribution in [3.8, 4) is 0 Å². The highest BCUT2D eigenvalue weighted by Gasteiger charge is 2.31. The maximum Gasteiger partial charge on any atom is 0.243 e. The number of carbonyl (C=O) groups excluding carboxylic acids is 1. The van der Waals surface area contributed by atoms with Gasteiger partial charge < -0.3 is 5.32 Å². The summed E-state index contributed by atoms with van der Waals surface area (Å²) in [5.74, 6) is -0.0919. The third-order valence-corrected chi connectivity index (χ3v) is 7.54. The molecule has 7 heteroatoms. The second-order valence-corrected chi connectivity index (χ2v) is 9.38. The molecule has 1 fully saturated rings. The molecule has 1 aliphatic heterocycles. The summed E-state index contributed by atoms with van der Waals surface area (Å²) in [7, 11) is -3.50. The van der Waals surface area contributed by atoms with Crippen molar-refractivity contribution in [3.05, 3.63) is 72.8 Å². The summed E-state index contributed by atoms with van der Waals surface area (Å²) in [6.45, 7) is 3.61. The van der Waals surface area contributed by atoms with Gasteiger partial charge in [-0.25, -0.2) is 8.42 Å². The van der Waals surface area contributed by atoms with E-state index in [-0.39, 0.29) is 11.9 Å². The van der Waals surface area contributed by atoms with E-state index < -0.39 is 10.0 Å². The zero-order chi connectivity index (χ0) is 21.1. The molecule has 0 radical (unpaired) electrons. The number of sulfonamides is 1. The fraction of sp³-hybridized carbons (Fsp3) is 0.261. The second kappa shape index (κ2) is 8.55. The minimum atomic E-state index is -3.50. The molecule has 0 spiro atoms. The van der Waals surface area contributed by atoms with Crippen LogP contribution in [0.15, 0.2) is 77.7 Å². The van der Waals surface area contributed by atoms with E-state index in [4.69, 9.17) is 0 Å². The van der Waals surface area contributed by atoms with E-state index in [2.05, 4.69) is 5.32 Å². The number of piperazine rings is 1. The van der Waals surface area contributed by atoms with Crippen LogP contribution >= 0.6 is 0 Å². The zero-order valence-electron chi connectivity index (χ0n) is 16.9. The Kier molecular flexibility index (Phi) is 5.85. The van der Waals surface area contributed by atoms with Crippen LogP contribution in [0.2, 0.25) is 0 Å². The maximum atomic E-state index is 12.9. The number of amides is 1. The Morgan fingerprint density at radius 1 is 0.867 bits per heavy atom. The third-order valence-electron chi connectivity index (χ3n) is 5.63. The predicted molar refractivity (Wildman–Crippen MR) is 119 cm³/mol. The molecule has 30 heavy (non-hydrogen) atoms. The van der Waals surface area contributed by atoms with Gasteiger partial charge in [-0.3, -0.25) is 9.69 Å². The van der Waals surface area contributed by atoms with E-state index in [1.165, 1.54) is 4.31 Å². The van der Waals surface area contributed by atoms with Crippen molar-refractivity contribution >= 4 is 32.4 Å². The highest BCUT2D eigenvalue weighted by Crippen LogP contribution is 2.24. The number of hydrogen-bond acceptors (Lipinski definition) is 4. The van der Waals surface area contributed by atoms with Crippen LogP contribution in [-0.2, 0) is 14.8 Å². The monoisotopic (exact) mass is 423 g/mol. The molecule has 1 saturated heterocycles. The minimum absolute atomic E-state index is 0.0919. The number of anilines is 1. The lowest BCUT2D eigenvalue weighted by molar-refractivity contribution is -0.121. The predicted octanol–water partition coefficient (Wildman–Crippen LogP) is 3.17. The average molecular weight is 424 g/mol. The number of nitrogens with zero attached hydrogens (tertiary/aromatic N) is 2. The van der Waals surface area contributed by atoms with E-state index in [9.17, 15) is 13.2 Å². The van der Waals surface area contributed by atoms with Crippen molar-refractivity contribution < 1.29 is 13.2 Å². The Balaban J connectivity index is 1.40. The van der Waals surface area contributed by atoms with Gasteiger partial charge in [0.1, 0.15) is 0 Å². The summed E-state index contributed by atoms with van der Waals surface area (Å²) in [5.41, 5.74) is 0.787. The van der Waals surface area contributed by atoms with Crippen LogP contribution in [0.3, 0.4) is 0 Å². The summed E-state index contributed by atoms with van der Waals surface area (Å²) in [4.78, 5) is 15.2. The SMILES string of the molecule is CC(C(=O)Nc1cccc2ccccc12)N1CCN(S(=O)(=O)c2ccccc2)CC1. The van der Waals surface area contributed by atoms with Crippen molar-refractivity contribution in [3.63, 3.8) is 0 Å². The lowest BCUT2D eigenvalue weighted by Gasteiger charge is -2.36. The van der Waals surface area contributed by atoms with Gasteiger partial charge in [-0.2, -0.15) is 4.31 Å². The first-order valence-corrected chi connectivity index (χ1v) is 11.5. The summed E-state index contributed by atoms with van der Waals surface area (Å²) in [6.07, 6.45) is 0. The third kappa shape index (κ3) is 4.09. The molecule has 0 bridgehead atoms. The molecule has 0 aromatic heterocycles. The van der Waals surface area contributed by atoms with E-state index in [0.29, 0.717) is 31.1 Å². The van der Waals surface area contributed by atoms with Gasteiger partial charge in [0, 0.05) is 37.3 Å². The fourth-order valence-corrected chi connectivity index (χ4v) is 5.25. The molecule has 1 atom stereocenters. The molecule has 1 heterocycles. The van der Waals surface area contributed by atoms with Gasteiger partial charge in [0.15, 0.2) is 0 Å². The van der Waals surface area contributed by atoms with Crippen molar-refractivity contribution in [1.82, 2.24) is 9.21 Å². The van der Waals surface area contributed by atoms with Gasteiger partial charge in [0.25, 0.3) is 0 Å². The van der Waals surface area contributed by atoms with Gasteiger partial charge in [-0.05, 0) is 30.5 Å². The van der Waals surface area contributed by atoms with Crippen LogP contribution in [-0.4, -0.2) is 55.8 Å². The maximum absolute atomic E-state index is 12.9. The van der Waals surface area contributed by atoms with Crippen molar-refractivity contribution in [2.75, 3.05) is 31.5 Å². The lowest BCUT2D eigenvalue weighted by Crippen LogP contribution is -2.53. The van der Waals surface area contributed by atoms with Gasteiger partial charge in [-0.1, -0.05) is 54.6 Å². The summed E-state index contributed by atoms with van der Waals surface area (Å²) >= 11 is 0. The topological polar surface area (TPSA) is 69.7 Å². The number of hydrogen-bond donors (Lipinski definition) is 1. The molecule has 156 valence electrons. The first-order valence-electron chi connectivity index (χ1n) is 10.0. The standard InChI is InChI=1S/C23H25N3O3S/c1-18(23(27)24-22-13-7-9-19-8-5-6-12-21(19)22)25-14-16-26(17-15-25)30(28,29)20-10-3-2-4-11-20/h2-13,18H,14-17H2,1H3,(H,24,27). The molecule has 3 aromatic carbocycles. The molecule has 1 aliphatic rings. The zero-order valence-corrected chi connectivity index (χ0v) is 17.7. The molecule has 0 saturated carbocycles. The van der Waals surface area contributed by atoms with E-state index in [0.717, 1.165) is 16.5 Å². The summed E-state index contributed by atoms with van der Waals surface area (Å²) in [6, 6.07) is 21.9. The molecule has 6 nitrogen and oxygen atoms in total. The van der Waals surface area contributed by atoms with E-state index in [1.54, 1.807) is 30.3 Å². The van der Waals surface area contributed by atoms with Gasteiger partial charge in [0.05, 0.1) is 10.9 Å². The molecule has 3 aromatic rings. The average Bonchev–Trinajstić information content (AvgIpc) is 2.79. The molecule has 1 N–H and O–H groups in total. The summed E-state index contributed by atoms with van der Waals surface area (Å²) < 4.78 is 27.1. The van der Waals surface area contributed by atoms with E-state index >= 15 is 0 Å². The van der Waals surface area contributed by atoms with Crippen molar-refractivity contribution in [1.29, 1.82) is 0 Å². The summed E-state index contributed by atoms with van der Waals surface area (Å²) in [5, 5.41) is 5.11. The van der Waals surface area contributed by atoms with E-state index in [1.807, 2.05) is 54.3 Å². The van der Waals surface area contributed by atoms with Crippen molar-refractivity contribution in [2.24, 2.45) is 0 Å². The Labute approximate surface area is 177 Å². The van der Waals surface area contributed by atoms with Crippen LogP contribution in [0.25, 0.3) is 10.8 Å². The van der Waals surface area contributed by atoms with Crippen molar-refractivity contribution in [2.45, 2.75) is 17.9 Å². The van der Waals surface area contributed by atoms with Crippen LogP contribution < -0.4 is 5.32 Å². The molecule has 4 rings (SSSR count). The minimum Gasteiger partial charge on any atom is -0.324 e. The first kappa shape index (κ1) is 20.5. The Morgan fingerprint density at radius 3 is 2.23 bits per heavy atom. The molecule has 1 amide bonds. The number of nitrogens with one attached hydrogen (secondary N) is 1. The first-order chi connectivity index (χ1) is 14.5. The van der Waals surface area contributed by atoms with Crippen LogP contribution in [0.5, 0.6) is 0 Å². The highest BCUT2D eigenvalue weighted by molar-refractivity contribution is 7.89. The Bertz CT molecular complexity index is 1140. The van der Waals surface area contributed by atoms with Gasteiger partial charge >= 0.3 is 0 Å². The highest BCUT2D eigenvalue weighted by atomic mass is 32.2. The van der Waals surface area contributed by atoms with Crippen LogP contribution in [0, 0.1) is 0 Å². The molecule has 0 aliphatic carbocycles. The fourth-order valence-electron chi connectivity index (χ4n) is 3.81. The number of rotatable bonds is 5. The van der Waals surface area contributed by atoms with Crippen LogP contribution in [0.4, 0.5) is 5.69 Å². The van der Waals surface area contributed by atoms with Crippen LogP contribution in [0.1, 0.15) is 6.92 Å². The number of benzene rings is 3.